The van der Waals surface area contributed by atoms with Crippen LogP contribution in [0.15, 0.2) is 0 Å². The van der Waals surface area contributed by atoms with Gasteiger partial charge in [-0.2, -0.15) is 0 Å². The predicted molar refractivity (Wildman–Crippen MR) is 230 cm³/mol. The maximum Gasteiger partial charge on any atom is -0.0355 e. The van der Waals surface area contributed by atoms with Crippen LogP contribution in [0.5, 0.6) is 0 Å². The fraction of sp³-hybridized carbons (Fsp3) is 1.00. The molecule has 0 heterocycles. The number of hydrogen-bond acceptors (Lipinski definition) is 0. The summed E-state index contributed by atoms with van der Waals surface area (Å²) in [4.78, 5) is 0. The average Bonchev–Trinajstić information content (AvgIpc) is 3.70. The maximum atomic E-state index is 2.18. The van der Waals surface area contributed by atoms with E-state index >= 15 is 0 Å². The third kappa shape index (κ3) is 30.2. The van der Waals surface area contributed by atoms with Crippen molar-refractivity contribution in [2.24, 2.45) is 65.1 Å². The molecule has 298 valence electrons. The van der Waals surface area contributed by atoms with Gasteiger partial charge in [-0.05, 0) is 136 Å². The lowest BCUT2D eigenvalue weighted by Gasteiger charge is -2.49. The average molecular weight is 691 g/mol. The zero-order valence-electron chi connectivity index (χ0n) is 37.6. The summed E-state index contributed by atoms with van der Waals surface area (Å²) in [6.45, 7) is 32.6. The first-order chi connectivity index (χ1) is 23.3. The summed E-state index contributed by atoms with van der Waals surface area (Å²) >= 11 is 0. The van der Waals surface area contributed by atoms with Crippen LogP contribution in [0, 0.1) is 65.1 Å². The number of unbranched alkanes of at least 4 members (excludes halogenated alkanes) is 3. The molecule has 6 bridgehead atoms. The largest absolute Gasteiger partial charge is 0.0654 e. The second-order valence-corrected chi connectivity index (χ2v) is 19.5. The van der Waals surface area contributed by atoms with Crippen LogP contribution < -0.4 is 0 Å². The molecule has 0 heteroatoms. The van der Waals surface area contributed by atoms with Crippen LogP contribution in [0.1, 0.15) is 252 Å². The van der Waals surface area contributed by atoms with Gasteiger partial charge >= 0.3 is 0 Å². The van der Waals surface area contributed by atoms with Crippen molar-refractivity contribution in [1.82, 2.24) is 0 Å². The Morgan fingerprint density at radius 2 is 0.490 bits per heavy atom. The minimum absolute atomic E-state index is 0.833. The second kappa shape index (κ2) is 33.8. The first-order valence-corrected chi connectivity index (χ1v) is 23.3. The smallest absolute Gasteiger partial charge is 0.0355 e. The molecule has 8 fully saturated rings. The summed E-state index contributed by atoms with van der Waals surface area (Å²) in [5, 5.41) is 0. The Morgan fingerprint density at radius 3 is 0.633 bits per heavy atom. The van der Waals surface area contributed by atoms with Crippen molar-refractivity contribution in [1.29, 1.82) is 0 Å². The quantitative estimate of drug-likeness (QED) is 0.276. The minimum Gasteiger partial charge on any atom is -0.0654 e. The van der Waals surface area contributed by atoms with E-state index in [0.717, 1.165) is 17.8 Å². The van der Waals surface area contributed by atoms with E-state index in [2.05, 4.69) is 104 Å². The van der Waals surface area contributed by atoms with E-state index in [9.17, 15) is 0 Å². The molecule has 8 aliphatic carbocycles. The van der Waals surface area contributed by atoms with Crippen molar-refractivity contribution in [3.63, 3.8) is 0 Å². The molecule has 0 saturated heterocycles. The summed E-state index contributed by atoms with van der Waals surface area (Å²) in [6, 6.07) is 0. The molecule has 0 aromatic heterocycles. The van der Waals surface area contributed by atoms with E-state index in [0.29, 0.717) is 0 Å². The van der Waals surface area contributed by atoms with Crippen LogP contribution in [0.4, 0.5) is 0 Å². The van der Waals surface area contributed by atoms with Crippen LogP contribution >= 0.6 is 0 Å². The first kappa shape index (κ1) is 51.1. The molecule has 8 saturated carbocycles. The molecule has 0 aromatic rings. The molecular formula is C49H102. The highest BCUT2D eigenvalue weighted by atomic mass is 14.5. The van der Waals surface area contributed by atoms with Gasteiger partial charge in [0.05, 0.1) is 0 Å². The van der Waals surface area contributed by atoms with E-state index in [1.165, 1.54) is 124 Å². The molecule has 0 aliphatic heterocycles. The lowest BCUT2D eigenvalue weighted by molar-refractivity contribution is 0.0198. The van der Waals surface area contributed by atoms with Crippen molar-refractivity contribution in [3.05, 3.63) is 0 Å². The summed E-state index contributed by atoms with van der Waals surface area (Å²) < 4.78 is 0. The number of hydrogen-bond donors (Lipinski definition) is 0. The summed E-state index contributed by atoms with van der Waals surface area (Å²) in [5.74, 6) is 12.0. The van der Waals surface area contributed by atoms with Gasteiger partial charge in [-0.15, -0.1) is 0 Å². The molecule has 0 aromatic carbocycles. The Morgan fingerprint density at radius 1 is 0.306 bits per heavy atom. The predicted octanol–water partition coefficient (Wildman–Crippen LogP) is 18.0. The Kier molecular flexibility index (Phi) is 35.3. The van der Waals surface area contributed by atoms with Gasteiger partial charge in [0.2, 0.25) is 0 Å². The number of rotatable bonds is 3. The minimum atomic E-state index is 0.833. The second-order valence-electron chi connectivity index (χ2n) is 19.5. The highest BCUT2D eigenvalue weighted by Crippen LogP contribution is 2.59. The molecule has 0 spiro atoms. The topological polar surface area (TPSA) is 0 Å². The molecule has 49 heavy (non-hydrogen) atoms. The van der Waals surface area contributed by atoms with Gasteiger partial charge in [0, 0.05) is 0 Å². The van der Waals surface area contributed by atoms with E-state index in [1.54, 1.807) is 70.6 Å². The SMILES string of the molecule is C1C2CC3CC1CC(C2)C3.C1CC2CC3CC1C2C3.C1CCCCC1.CC(C)C.CC(C)C.CC(C)C.CCCC.CCCC.CCCC. The molecule has 0 amide bonds. The maximum absolute atomic E-state index is 2.18. The highest BCUT2D eigenvalue weighted by Gasteiger charge is 2.49. The molecule has 2 unspecified atom stereocenters. The molecule has 8 rings (SSSR count). The van der Waals surface area contributed by atoms with Gasteiger partial charge in [0.25, 0.3) is 0 Å². The number of fused-ring (bicyclic) bond motifs is 1. The highest BCUT2D eigenvalue weighted by molar-refractivity contribution is 4.99. The van der Waals surface area contributed by atoms with Gasteiger partial charge in [0.1, 0.15) is 0 Å². The van der Waals surface area contributed by atoms with Crippen LogP contribution in [-0.2, 0) is 0 Å². The van der Waals surface area contributed by atoms with Gasteiger partial charge in [-0.3, -0.25) is 0 Å². The Balaban J connectivity index is 0. The normalized spacial score (nSPS) is 30.0. The van der Waals surface area contributed by atoms with Crippen LogP contribution in [0.2, 0.25) is 0 Å². The fourth-order valence-electron chi connectivity index (χ4n) is 8.79. The molecule has 8 aliphatic rings. The molecule has 0 radical (unpaired) electrons. The standard InChI is InChI=1S/C10H16.C9H14.C6H12.6C4H10/c1-7-2-9-4-8(1)5-10(3-7)6-9;1-2-8-4-6-3-7(1)9(8)5-6;1-2-4-6-5-3-1;3*1-4(2)3;3*1-3-4-2/h7-10H,1-6H2;6-9H,1-5H2;1-6H2;3*4H,1-3H3;3*3-4H2,1-2H3. The van der Waals surface area contributed by atoms with Crippen molar-refractivity contribution >= 4 is 0 Å². The monoisotopic (exact) mass is 691 g/mol. The van der Waals surface area contributed by atoms with Crippen molar-refractivity contribution in [2.75, 3.05) is 0 Å². The zero-order valence-corrected chi connectivity index (χ0v) is 37.6. The molecule has 2 atom stereocenters. The Bertz CT molecular complexity index is 516. The van der Waals surface area contributed by atoms with E-state index in [4.69, 9.17) is 0 Å². The molecule has 0 nitrogen and oxygen atoms in total. The molecular weight excluding hydrogens is 589 g/mol. The Labute approximate surface area is 315 Å². The van der Waals surface area contributed by atoms with E-state index < -0.39 is 0 Å². The summed E-state index contributed by atoms with van der Waals surface area (Å²) in [7, 11) is 0. The lowest BCUT2D eigenvalue weighted by Crippen LogP contribution is -2.38. The van der Waals surface area contributed by atoms with Gasteiger partial charge < -0.3 is 0 Å². The Hall–Kier alpha value is 0. The first-order valence-electron chi connectivity index (χ1n) is 23.3. The van der Waals surface area contributed by atoms with Crippen LogP contribution in [-0.4, -0.2) is 0 Å². The fourth-order valence-corrected chi connectivity index (χ4v) is 8.79. The van der Waals surface area contributed by atoms with Gasteiger partial charge in [0.15, 0.2) is 0 Å². The van der Waals surface area contributed by atoms with Crippen molar-refractivity contribution in [3.8, 4) is 0 Å². The van der Waals surface area contributed by atoms with E-state index in [-0.39, 0.29) is 0 Å². The lowest BCUT2D eigenvalue weighted by atomic mass is 9.56. The van der Waals surface area contributed by atoms with E-state index in [1.807, 2.05) is 0 Å². The van der Waals surface area contributed by atoms with Gasteiger partial charge in [-0.1, -0.05) is 181 Å². The zero-order chi connectivity index (χ0) is 37.6. The van der Waals surface area contributed by atoms with Crippen LogP contribution in [0.25, 0.3) is 0 Å². The summed E-state index contributed by atoms with van der Waals surface area (Å²) in [5.41, 5.74) is 0. The third-order valence-corrected chi connectivity index (χ3v) is 11.0. The van der Waals surface area contributed by atoms with Crippen molar-refractivity contribution < 1.29 is 0 Å². The van der Waals surface area contributed by atoms with Crippen LogP contribution in [0.3, 0.4) is 0 Å². The summed E-state index contributed by atoms with van der Waals surface area (Å²) in [6.07, 6.45) is 34.6. The molecule has 0 N–H and O–H groups in total. The van der Waals surface area contributed by atoms with Crippen molar-refractivity contribution in [2.45, 2.75) is 252 Å². The third-order valence-electron chi connectivity index (χ3n) is 11.0. The van der Waals surface area contributed by atoms with Gasteiger partial charge in [-0.25, -0.2) is 0 Å².